The van der Waals surface area contributed by atoms with Gasteiger partial charge in [-0.05, 0) is 23.8 Å². The van der Waals surface area contributed by atoms with Crippen LogP contribution in [0, 0.1) is 0 Å². The average molecular weight is 554 g/mol. The van der Waals surface area contributed by atoms with E-state index in [1.54, 1.807) is 14.2 Å². The highest BCUT2D eigenvalue weighted by molar-refractivity contribution is 14.0. The van der Waals surface area contributed by atoms with Crippen molar-refractivity contribution in [1.82, 2.24) is 15.1 Å². The lowest BCUT2D eigenvalue weighted by Gasteiger charge is -2.26. The summed E-state index contributed by atoms with van der Waals surface area (Å²) < 4.78 is 16.7. The molecule has 32 heavy (non-hydrogen) atoms. The predicted molar refractivity (Wildman–Crippen MR) is 139 cm³/mol. The van der Waals surface area contributed by atoms with Crippen LogP contribution < -0.4 is 14.8 Å². The summed E-state index contributed by atoms with van der Waals surface area (Å²) in [5.41, 5.74) is 2.31. The number of aliphatic imine (C=N–C) groups is 1. The Morgan fingerprint density at radius 1 is 1.12 bits per heavy atom. The zero-order chi connectivity index (χ0) is 21.9. The van der Waals surface area contributed by atoms with Gasteiger partial charge in [0.15, 0.2) is 5.96 Å². The molecule has 0 aliphatic carbocycles. The number of para-hydroxylation sites is 1. The standard InChI is InChI=1S/C24H34N4O3.HI/c1-25-24(27(2)19-20-8-10-22(29-3)11-9-20)26-18-21-6-4-5-7-23(21)31-17-14-28-12-15-30-16-13-28;/h4-11H,12-19H2,1-3H3,(H,25,26);1H. The summed E-state index contributed by atoms with van der Waals surface area (Å²) >= 11 is 0. The fourth-order valence-electron chi connectivity index (χ4n) is 3.54. The SMILES string of the molecule is CN=C(NCc1ccccc1OCCN1CCOCC1)N(C)Cc1ccc(OC)cc1.I. The lowest BCUT2D eigenvalue weighted by atomic mass is 10.2. The Bertz CT molecular complexity index is 826. The number of nitrogens with one attached hydrogen (secondary N) is 1. The van der Waals surface area contributed by atoms with Crippen LogP contribution >= 0.6 is 24.0 Å². The quantitative estimate of drug-likeness (QED) is 0.292. The molecule has 2 aromatic carbocycles. The number of halogens is 1. The van der Waals surface area contributed by atoms with Crippen LogP contribution in [0.3, 0.4) is 0 Å². The van der Waals surface area contributed by atoms with E-state index in [1.807, 2.05) is 37.4 Å². The molecule has 176 valence electrons. The second-order valence-electron chi connectivity index (χ2n) is 7.52. The van der Waals surface area contributed by atoms with Gasteiger partial charge in [0.2, 0.25) is 0 Å². The van der Waals surface area contributed by atoms with Crippen LogP contribution in [0.1, 0.15) is 11.1 Å². The molecule has 0 spiro atoms. The first kappa shape index (κ1) is 26.2. The lowest BCUT2D eigenvalue weighted by molar-refractivity contribution is 0.0322. The van der Waals surface area contributed by atoms with Crippen molar-refractivity contribution in [1.29, 1.82) is 0 Å². The van der Waals surface area contributed by atoms with Crippen LogP contribution in [0.25, 0.3) is 0 Å². The average Bonchev–Trinajstić information content (AvgIpc) is 2.81. The van der Waals surface area contributed by atoms with Crippen molar-refractivity contribution in [2.24, 2.45) is 4.99 Å². The normalized spacial score (nSPS) is 14.4. The number of guanidine groups is 1. The van der Waals surface area contributed by atoms with Gasteiger partial charge in [0.05, 0.1) is 20.3 Å². The van der Waals surface area contributed by atoms with Gasteiger partial charge in [-0.2, -0.15) is 0 Å². The molecule has 1 aliphatic heterocycles. The Hall–Kier alpha value is -2.04. The number of methoxy groups -OCH3 is 1. The summed E-state index contributed by atoms with van der Waals surface area (Å²) in [5.74, 6) is 2.61. The van der Waals surface area contributed by atoms with E-state index in [1.165, 1.54) is 5.56 Å². The minimum atomic E-state index is 0. The van der Waals surface area contributed by atoms with Crippen molar-refractivity contribution >= 4 is 29.9 Å². The maximum atomic E-state index is 6.10. The molecule has 1 aliphatic rings. The molecule has 8 heteroatoms. The van der Waals surface area contributed by atoms with Gasteiger partial charge in [0, 0.05) is 52.4 Å². The molecule has 2 aromatic rings. The lowest BCUT2D eigenvalue weighted by Crippen LogP contribution is -2.39. The van der Waals surface area contributed by atoms with Gasteiger partial charge in [-0.1, -0.05) is 30.3 Å². The third-order valence-corrected chi connectivity index (χ3v) is 5.33. The van der Waals surface area contributed by atoms with Gasteiger partial charge in [0.25, 0.3) is 0 Å². The fraction of sp³-hybridized carbons (Fsp3) is 0.458. The number of rotatable bonds is 9. The van der Waals surface area contributed by atoms with Crippen molar-refractivity contribution < 1.29 is 14.2 Å². The summed E-state index contributed by atoms with van der Waals surface area (Å²) in [6.45, 7) is 6.55. The van der Waals surface area contributed by atoms with Crippen LogP contribution in [0.5, 0.6) is 11.5 Å². The molecule has 1 saturated heterocycles. The van der Waals surface area contributed by atoms with Crippen molar-refractivity contribution in [3.8, 4) is 11.5 Å². The molecule has 0 unspecified atom stereocenters. The summed E-state index contributed by atoms with van der Waals surface area (Å²) in [4.78, 5) is 8.91. The molecule has 0 aromatic heterocycles. The molecule has 0 atom stereocenters. The molecule has 0 amide bonds. The highest BCUT2D eigenvalue weighted by Gasteiger charge is 2.12. The Labute approximate surface area is 208 Å². The number of ether oxygens (including phenoxy) is 3. The first-order valence-corrected chi connectivity index (χ1v) is 10.7. The van der Waals surface area contributed by atoms with E-state index >= 15 is 0 Å². The molecular formula is C24H35IN4O3. The van der Waals surface area contributed by atoms with Gasteiger partial charge >= 0.3 is 0 Å². The van der Waals surface area contributed by atoms with E-state index < -0.39 is 0 Å². The maximum absolute atomic E-state index is 6.10. The van der Waals surface area contributed by atoms with Gasteiger partial charge in [-0.25, -0.2) is 0 Å². The minimum Gasteiger partial charge on any atom is -0.497 e. The van der Waals surface area contributed by atoms with Crippen molar-refractivity contribution in [3.05, 3.63) is 59.7 Å². The highest BCUT2D eigenvalue weighted by atomic mass is 127. The van der Waals surface area contributed by atoms with E-state index in [-0.39, 0.29) is 24.0 Å². The van der Waals surface area contributed by atoms with Gasteiger partial charge in [0.1, 0.15) is 18.1 Å². The number of nitrogens with zero attached hydrogens (tertiary/aromatic N) is 3. The first-order valence-electron chi connectivity index (χ1n) is 10.7. The molecule has 1 fully saturated rings. The monoisotopic (exact) mass is 554 g/mol. The van der Waals surface area contributed by atoms with E-state index in [9.17, 15) is 0 Å². The van der Waals surface area contributed by atoms with Crippen molar-refractivity contribution in [2.75, 3.05) is 60.7 Å². The summed E-state index contributed by atoms with van der Waals surface area (Å²) in [5, 5.41) is 3.45. The Balaban J connectivity index is 0.00000363. The van der Waals surface area contributed by atoms with Crippen molar-refractivity contribution in [2.45, 2.75) is 13.1 Å². The van der Waals surface area contributed by atoms with E-state index in [0.29, 0.717) is 13.2 Å². The third kappa shape index (κ3) is 8.14. The molecule has 7 nitrogen and oxygen atoms in total. The molecule has 0 radical (unpaired) electrons. The Kier molecular flexibility index (Phi) is 11.6. The van der Waals surface area contributed by atoms with Crippen LogP contribution in [0.4, 0.5) is 0 Å². The second-order valence-corrected chi connectivity index (χ2v) is 7.52. The van der Waals surface area contributed by atoms with Crippen LogP contribution in [0.2, 0.25) is 0 Å². The van der Waals surface area contributed by atoms with Gasteiger partial charge in [-0.15, -0.1) is 24.0 Å². The number of hydrogen-bond donors (Lipinski definition) is 1. The topological polar surface area (TPSA) is 58.6 Å². The summed E-state index contributed by atoms with van der Waals surface area (Å²) in [6.07, 6.45) is 0. The maximum Gasteiger partial charge on any atom is 0.193 e. The van der Waals surface area contributed by atoms with E-state index in [0.717, 1.165) is 62.4 Å². The second kappa shape index (κ2) is 14.2. The van der Waals surface area contributed by atoms with Gasteiger partial charge in [-0.3, -0.25) is 9.89 Å². The molecule has 3 rings (SSSR count). The number of morpholine rings is 1. The fourth-order valence-corrected chi connectivity index (χ4v) is 3.54. The summed E-state index contributed by atoms with van der Waals surface area (Å²) in [6, 6.07) is 16.3. The summed E-state index contributed by atoms with van der Waals surface area (Å²) in [7, 11) is 5.51. The largest absolute Gasteiger partial charge is 0.497 e. The molecular weight excluding hydrogens is 519 g/mol. The molecule has 0 saturated carbocycles. The van der Waals surface area contributed by atoms with Gasteiger partial charge < -0.3 is 24.4 Å². The van der Waals surface area contributed by atoms with E-state index in [2.05, 4.69) is 38.3 Å². The van der Waals surface area contributed by atoms with E-state index in [4.69, 9.17) is 14.2 Å². The number of hydrogen-bond acceptors (Lipinski definition) is 5. The highest BCUT2D eigenvalue weighted by Crippen LogP contribution is 2.18. The zero-order valence-electron chi connectivity index (χ0n) is 19.3. The minimum absolute atomic E-state index is 0. The number of benzene rings is 2. The Morgan fingerprint density at radius 2 is 1.84 bits per heavy atom. The molecule has 0 bridgehead atoms. The Morgan fingerprint density at radius 3 is 2.53 bits per heavy atom. The third-order valence-electron chi connectivity index (χ3n) is 5.33. The van der Waals surface area contributed by atoms with Crippen LogP contribution in [-0.4, -0.2) is 76.4 Å². The van der Waals surface area contributed by atoms with Crippen molar-refractivity contribution in [3.63, 3.8) is 0 Å². The smallest absolute Gasteiger partial charge is 0.193 e. The zero-order valence-corrected chi connectivity index (χ0v) is 21.6. The molecule has 1 N–H and O–H groups in total. The predicted octanol–water partition coefficient (Wildman–Crippen LogP) is 3.23. The molecule has 1 heterocycles. The van der Waals surface area contributed by atoms with Crippen LogP contribution in [0.15, 0.2) is 53.5 Å². The van der Waals surface area contributed by atoms with Crippen LogP contribution in [-0.2, 0) is 17.8 Å². The first-order chi connectivity index (χ1) is 15.2.